The topological polar surface area (TPSA) is 62.4 Å². The molecule has 0 fully saturated rings. The third-order valence-electron chi connectivity index (χ3n) is 3.24. The standard InChI is InChI=1S/C16H16N4O/c1-2-20-15-6-4-3-5-14(15)18-16(20)19-17-11-12-7-9-13(21)10-8-12/h3-11,21H,2H2,1H3,(H,18,19)/b17-11-. The van der Waals surface area contributed by atoms with Gasteiger partial charge in [0, 0.05) is 6.54 Å². The fourth-order valence-corrected chi connectivity index (χ4v) is 2.21. The predicted molar refractivity (Wildman–Crippen MR) is 84.7 cm³/mol. The maximum absolute atomic E-state index is 9.24. The number of hydrazone groups is 1. The van der Waals surface area contributed by atoms with Gasteiger partial charge in [-0.3, -0.25) is 0 Å². The second-order valence-corrected chi connectivity index (χ2v) is 4.63. The van der Waals surface area contributed by atoms with Gasteiger partial charge < -0.3 is 9.67 Å². The Morgan fingerprint density at radius 2 is 1.95 bits per heavy atom. The number of fused-ring (bicyclic) bond motifs is 1. The summed E-state index contributed by atoms with van der Waals surface area (Å²) in [5.41, 5.74) is 5.91. The Kier molecular flexibility index (Phi) is 3.55. The average molecular weight is 280 g/mol. The summed E-state index contributed by atoms with van der Waals surface area (Å²) in [5, 5.41) is 13.4. The molecule has 2 N–H and O–H groups in total. The van der Waals surface area contributed by atoms with Crippen molar-refractivity contribution in [3.8, 4) is 5.75 Å². The molecule has 21 heavy (non-hydrogen) atoms. The fraction of sp³-hybridized carbons (Fsp3) is 0.125. The lowest BCUT2D eigenvalue weighted by atomic mass is 10.2. The molecule has 3 aromatic rings. The lowest BCUT2D eigenvalue weighted by molar-refractivity contribution is 0.475. The van der Waals surface area contributed by atoms with Crippen LogP contribution in [-0.2, 0) is 6.54 Å². The summed E-state index contributed by atoms with van der Waals surface area (Å²) in [4.78, 5) is 4.53. The van der Waals surface area contributed by atoms with Crippen molar-refractivity contribution in [3.05, 3.63) is 54.1 Å². The van der Waals surface area contributed by atoms with Crippen molar-refractivity contribution >= 4 is 23.2 Å². The van der Waals surface area contributed by atoms with Crippen molar-refractivity contribution in [2.24, 2.45) is 5.10 Å². The van der Waals surface area contributed by atoms with Crippen LogP contribution < -0.4 is 5.43 Å². The van der Waals surface area contributed by atoms with Gasteiger partial charge in [-0.2, -0.15) is 5.10 Å². The van der Waals surface area contributed by atoms with E-state index in [1.165, 1.54) is 0 Å². The number of hydrogen-bond donors (Lipinski definition) is 2. The van der Waals surface area contributed by atoms with Gasteiger partial charge in [-0.05, 0) is 48.9 Å². The number of nitrogens with one attached hydrogen (secondary N) is 1. The van der Waals surface area contributed by atoms with E-state index in [-0.39, 0.29) is 5.75 Å². The van der Waals surface area contributed by atoms with Crippen LogP contribution >= 0.6 is 0 Å². The number of aryl methyl sites for hydroxylation is 1. The number of imidazole rings is 1. The largest absolute Gasteiger partial charge is 0.508 e. The van der Waals surface area contributed by atoms with Crippen LogP contribution in [0.15, 0.2) is 53.6 Å². The molecule has 5 nitrogen and oxygen atoms in total. The number of anilines is 1. The van der Waals surface area contributed by atoms with Crippen LogP contribution in [0.2, 0.25) is 0 Å². The quantitative estimate of drug-likeness (QED) is 0.570. The highest BCUT2D eigenvalue weighted by Crippen LogP contribution is 2.19. The number of para-hydroxylation sites is 2. The van der Waals surface area contributed by atoms with Crippen LogP contribution in [-0.4, -0.2) is 20.9 Å². The molecule has 0 amide bonds. The highest BCUT2D eigenvalue weighted by Gasteiger charge is 2.07. The van der Waals surface area contributed by atoms with Crippen LogP contribution in [0.5, 0.6) is 5.75 Å². The van der Waals surface area contributed by atoms with Gasteiger partial charge in [0.2, 0.25) is 5.95 Å². The van der Waals surface area contributed by atoms with Gasteiger partial charge in [0.15, 0.2) is 0 Å². The smallest absolute Gasteiger partial charge is 0.224 e. The molecule has 0 unspecified atom stereocenters. The third kappa shape index (κ3) is 2.72. The van der Waals surface area contributed by atoms with E-state index in [0.29, 0.717) is 5.95 Å². The van der Waals surface area contributed by atoms with E-state index in [4.69, 9.17) is 0 Å². The molecule has 0 spiro atoms. The van der Waals surface area contributed by atoms with Gasteiger partial charge in [0.05, 0.1) is 17.2 Å². The molecule has 0 saturated heterocycles. The molecule has 0 aliphatic rings. The zero-order chi connectivity index (χ0) is 14.7. The normalized spacial score (nSPS) is 11.3. The highest BCUT2D eigenvalue weighted by atomic mass is 16.3. The number of rotatable bonds is 4. The maximum Gasteiger partial charge on any atom is 0.224 e. The minimum atomic E-state index is 0.243. The van der Waals surface area contributed by atoms with Gasteiger partial charge in [-0.1, -0.05) is 12.1 Å². The molecule has 0 radical (unpaired) electrons. The third-order valence-corrected chi connectivity index (χ3v) is 3.24. The average Bonchev–Trinajstić information content (AvgIpc) is 2.86. The number of aromatic hydroxyl groups is 1. The minimum absolute atomic E-state index is 0.243. The Labute approximate surface area is 122 Å². The monoisotopic (exact) mass is 280 g/mol. The van der Waals surface area contributed by atoms with Crippen molar-refractivity contribution in [2.75, 3.05) is 5.43 Å². The Hall–Kier alpha value is -2.82. The lowest BCUT2D eigenvalue weighted by Gasteiger charge is -2.04. The van der Waals surface area contributed by atoms with E-state index in [1.54, 1.807) is 30.5 Å². The minimum Gasteiger partial charge on any atom is -0.508 e. The predicted octanol–water partition coefficient (Wildman–Crippen LogP) is 3.21. The Morgan fingerprint density at radius 3 is 2.71 bits per heavy atom. The maximum atomic E-state index is 9.24. The van der Waals surface area contributed by atoms with Crippen molar-refractivity contribution < 1.29 is 5.11 Å². The van der Waals surface area contributed by atoms with Crippen LogP contribution in [0.1, 0.15) is 12.5 Å². The van der Waals surface area contributed by atoms with Crippen LogP contribution in [0.3, 0.4) is 0 Å². The first-order chi connectivity index (χ1) is 10.3. The number of aromatic nitrogens is 2. The van der Waals surface area contributed by atoms with E-state index >= 15 is 0 Å². The van der Waals surface area contributed by atoms with Gasteiger partial charge in [-0.25, -0.2) is 10.4 Å². The molecule has 0 aliphatic heterocycles. The van der Waals surface area contributed by atoms with E-state index in [2.05, 4.69) is 27.0 Å². The van der Waals surface area contributed by atoms with Crippen molar-refractivity contribution in [1.29, 1.82) is 0 Å². The van der Waals surface area contributed by atoms with Crippen molar-refractivity contribution in [3.63, 3.8) is 0 Å². The number of hydrogen-bond acceptors (Lipinski definition) is 4. The second kappa shape index (κ2) is 5.66. The molecule has 0 bridgehead atoms. The lowest BCUT2D eigenvalue weighted by Crippen LogP contribution is -2.01. The van der Waals surface area contributed by atoms with Gasteiger partial charge in [0.1, 0.15) is 5.75 Å². The van der Waals surface area contributed by atoms with Crippen LogP contribution in [0.4, 0.5) is 5.95 Å². The molecule has 1 heterocycles. The van der Waals surface area contributed by atoms with Gasteiger partial charge >= 0.3 is 0 Å². The molecule has 2 aromatic carbocycles. The second-order valence-electron chi connectivity index (χ2n) is 4.63. The molecular weight excluding hydrogens is 264 g/mol. The zero-order valence-electron chi connectivity index (χ0n) is 11.7. The zero-order valence-corrected chi connectivity index (χ0v) is 11.7. The summed E-state index contributed by atoms with van der Waals surface area (Å²) in [6, 6.07) is 14.8. The summed E-state index contributed by atoms with van der Waals surface area (Å²) in [7, 11) is 0. The Balaban J connectivity index is 1.83. The van der Waals surface area contributed by atoms with E-state index in [0.717, 1.165) is 23.1 Å². The Bertz CT molecular complexity index is 775. The fourth-order valence-electron chi connectivity index (χ4n) is 2.21. The first kappa shape index (κ1) is 13.2. The van der Waals surface area contributed by atoms with Gasteiger partial charge in [0.25, 0.3) is 0 Å². The number of phenols is 1. The Morgan fingerprint density at radius 1 is 1.19 bits per heavy atom. The first-order valence-electron chi connectivity index (χ1n) is 6.81. The SMILES string of the molecule is CCn1c(N/N=C\c2ccc(O)cc2)nc2ccccc21. The van der Waals surface area contributed by atoms with E-state index in [1.807, 2.05) is 24.3 Å². The molecule has 106 valence electrons. The van der Waals surface area contributed by atoms with E-state index < -0.39 is 0 Å². The summed E-state index contributed by atoms with van der Waals surface area (Å²) in [6.45, 7) is 2.89. The highest BCUT2D eigenvalue weighted by molar-refractivity contribution is 5.81. The molecule has 0 atom stereocenters. The molecule has 1 aromatic heterocycles. The molecule has 0 saturated carbocycles. The summed E-state index contributed by atoms with van der Waals surface area (Å²) in [5.74, 6) is 0.960. The number of nitrogens with zero attached hydrogens (tertiary/aromatic N) is 3. The molecule has 5 heteroatoms. The molecule has 3 rings (SSSR count). The van der Waals surface area contributed by atoms with Crippen LogP contribution in [0.25, 0.3) is 11.0 Å². The van der Waals surface area contributed by atoms with E-state index in [9.17, 15) is 5.11 Å². The van der Waals surface area contributed by atoms with Crippen LogP contribution in [0, 0.1) is 0 Å². The van der Waals surface area contributed by atoms with Crippen molar-refractivity contribution in [1.82, 2.24) is 9.55 Å². The van der Waals surface area contributed by atoms with Crippen molar-refractivity contribution in [2.45, 2.75) is 13.5 Å². The summed E-state index contributed by atoms with van der Waals surface area (Å²) < 4.78 is 2.07. The summed E-state index contributed by atoms with van der Waals surface area (Å²) in [6.07, 6.45) is 1.69. The molecular formula is C16H16N4O. The number of phenolic OH excluding ortho intramolecular Hbond substituents is 1. The number of benzene rings is 2. The first-order valence-corrected chi connectivity index (χ1v) is 6.81. The molecule has 0 aliphatic carbocycles. The summed E-state index contributed by atoms with van der Waals surface area (Å²) >= 11 is 0. The van der Waals surface area contributed by atoms with Gasteiger partial charge in [-0.15, -0.1) is 0 Å².